The molecule has 0 atom stereocenters. The molecule has 1 heterocycles. The molecule has 2 aromatic carbocycles. The SMILES string of the molecule is CCCCN1C(=O)CCc2cc(NS(=O)(=O)c3ccc(OCC(C)C)cc3)ccc21. The lowest BCUT2D eigenvalue weighted by atomic mass is 10.00. The Kier molecular flexibility index (Phi) is 7.02. The summed E-state index contributed by atoms with van der Waals surface area (Å²) >= 11 is 0. The fourth-order valence-electron chi connectivity index (χ4n) is 3.38. The second kappa shape index (κ2) is 9.51. The van der Waals surface area contributed by atoms with Gasteiger partial charge >= 0.3 is 0 Å². The number of rotatable bonds is 9. The minimum Gasteiger partial charge on any atom is -0.493 e. The second-order valence-electron chi connectivity index (χ2n) is 8.02. The number of sulfonamides is 1. The third-order valence-electron chi connectivity index (χ3n) is 4.98. The van der Waals surface area contributed by atoms with Crippen molar-refractivity contribution in [1.82, 2.24) is 0 Å². The summed E-state index contributed by atoms with van der Waals surface area (Å²) in [6, 6.07) is 11.8. The van der Waals surface area contributed by atoms with E-state index in [9.17, 15) is 13.2 Å². The minimum absolute atomic E-state index is 0.129. The fraction of sp³-hybridized carbons (Fsp3) is 0.435. The number of carbonyl (C=O) groups excluding carboxylic acids is 1. The van der Waals surface area contributed by atoms with E-state index < -0.39 is 10.0 Å². The predicted octanol–water partition coefficient (Wildman–Crippen LogP) is 4.60. The number of ether oxygens (including phenoxy) is 1. The summed E-state index contributed by atoms with van der Waals surface area (Å²) < 4.78 is 33.8. The van der Waals surface area contributed by atoms with E-state index in [1.165, 1.54) is 0 Å². The third-order valence-corrected chi connectivity index (χ3v) is 6.38. The van der Waals surface area contributed by atoms with Crippen molar-refractivity contribution in [3.63, 3.8) is 0 Å². The molecule has 1 amide bonds. The summed E-state index contributed by atoms with van der Waals surface area (Å²) in [7, 11) is -3.71. The van der Waals surface area contributed by atoms with Gasteiger partial charge in [-0.3, -0.25) is 9.52 Å². The van der Waals surface area contributed by atoms with Crippen LogP contribution in [0.1, 0.15) is 45.6 Å². The van der Waals surface area contributed by atoms with Crippen molar-refractivity contribution in [2.45, 2.75) is 51.3 Å². The summed E-state index contributed by atoms with van der Waals surface area (Å²) in [6.45, 7) is 7.48. The Morgan fingerprint density at radius 2 is 1.83 bits per heavy atom. The Morgan fingerprint density at radius 3 is 2.50 bits per heavy atom. The van der Waals surface area contributed by atoms with E-state index >= 15 is 0 Å². The Morgan fingerprint density at radius 1 is 1.10 bits per heavy atom. The van der Waals surface area contributed by atoms with Crippen LogP contribution in [0.15, 0.2) is 47.4 Å². The van der Waals surface area contributed by atoms with Gasteiger partial charge in [0.25, 0.3) is 10.0 Å². The number of aryl methyl sites for hydroxylation is 1. The molecule has 0 aromatic heterocycles. The van der Waals surface area contributed by atoms with Gasteiger partial charge < -0.3 is 9.64 Å². The van der Waals surface area contributed by atoms with E-state index in [-0.39, 0.29) is 10.8 Å². The first kappa shape index (κ1) is 22.2. The quantitative estimate of drug-likeness (QED) is 0.631. The molecule has 0 fully saturated rings. The molecule has 6 nitrogen and oxygen atoms in total. The van der Waals surface area contributed by atoms with Gasteiger partial charge in [0.05, 0.1) is 11.5 Å². The van der Waals surface area contributed by atoms with Crippen molar-refractivity contribution in [3.05, 3.63) is 48.0 Å². The molecule has 0 spiro atoms. The average molecular weight is 431 g/mol. The maximum absolute atomic E-state index is 12.8. The highest BCUT2D eigenvalue weighted by Gasteiger charge is 2.24. The molecule has 7 heteroatoms. The highest BCUT2D eigenvalue weighted by atomic mass is 32.2. The van der Waals surface area contributed by atoms with Crippen LogP contribution in [0, 0.1) is 5.92 Å². The molecule has 1 N–H and O–H groups in total. The Hall–Kier alpha value is -2.54. The standard InChI is InChI=1S/C23H30N2O4S/c1-4-5-14-25-22-12-7-19(15-18(22)6-13-23(25)26)24-30(27,28)21-10-8-20(9-11-21)29-16-17(2)3/h7-12,15,17,24H,4-6,13-14,16H2,1-3H3. The molecule has 0 saturated heterocycles. The average Bonchev–Trinajstić information content (AvgIpc) is 2.71. The lowest BCUT2D eigenvalue weighted by molar-refractivity contribution is -0.118. The normalized spacial score (nSPS) is 14.0. The molecule has 0 bridgehead atoms. The maximum atomic E-state index is 12.8. The van der Waals surface area contributed by atoms with E-state index in [2.05, 4.69) is 25.5 Å². The molecule has 0 unspecified atom stereocenters. The van der Waals surface area contributed by atoms with E-state index in [0.717, 1.165) is 24.1 Å². The van der Waals surface area contributed by atoms with E-state index in [4.69, 9.17) is 4.74 Å². The fourth-order valence-corrected chi connectivity index (χ4v) is 4.43. The van der Waals surface area contributed by atoms with Gasteiger partial charge in [-0.25, -0.2) is 8.42 Å². The van der Waals surface area contributed by atoms with Crippen molar-refractivity contribution in [1.29, 1.82) is 0 Å². The largest absolute Gasteiger partial charge is 0.493 e. The zero-order valence-corrected chi connectivity index (χ0v) is 18.7. The predicted molar refractivity (Wildman–Crippen MR) is 120 cm³/mol. The van der Waals surface area contributed by atoms with Crippen molar-refractivity contribution < 1.29 is 17.9 Å². The molecule has 0 radical (unpaired) electrons. The first-order valence-electron chi connectivity index (χ1n) is 10.5. The van der Waals surface area contributed by atoms with Gasteiger partial charge in [0, 0.05) is 24.3 Å². The molecular weight excluding hydrogens is 400 g/mol. The van der Waals surface area contributed by atoms with Gasteiger partial charge in [-0.1, -0.05) is 27.2 Å². The summed E-state index contributed by atoms with van der Waals surface area (Å²) in [6.07, 6.45) is 3.02. The number of anilines is 2. The first-order chi connectivity index (χ1) is 14.3. The number of amides is 1. The van der Waals surface area contributed by atoms with Crippen molar-refractivity contribution in [2.24, 2.45) is 5.92 Å². The summed E-state index contributed by atoms with van der Waals surface area (Å²) in [4.78, 5) is 14.3. The Balaban J connectivity index is 1.75. The Labute approximate surface area is 179 Å². The van der Waals surface area contributed by atoms with E-state index in [1.807, 2.05) is 17.0 Å². The molecule has 30 heavy (non-hydrogen) atoms. The van der Waals surface area contributed by atoms with E-state index in [0.29, 0.717) is 43.3 Å². The number of nitrogens with one attached hydrogen (secondary N) is 1. The summed E-state index contributed by atoms with van der Waals surface area (Å²) in [5, 5.41) is 0. The number of unbranched alkanes of at least 4 members (excludes halogenated alkanes) is 1. The number of hydrogen-bond donors (Lipinski definition) is 1. The molecule has 162 valence electrons. The van der Waals surface area contributed by atoms with Crippen LogP contribution in [0.5, 0.6) is 5.75 Å². The van der Waals surface area contributed by atoms with Gasteiger partial charge in [-0.2, -0.15) is 0 Å². The van der Waals surface area contributed by atoms with Crippen molar-refractivity contribution in [2.75, 3.05) is 22.8 Å². The number of nitrogens with zero attached hydrogens (tertiary/aromatic N) is 1. The molecule has 2 aromatic rings. The third kappa shape index (κ3) is 5.33. The molecule has 1 aliphatic rings. The first-order valence-corrected chi connectivity index (χ1v) is 12.0. The van der Waals surface area contributed by atoms with Crippen LogP contribution in [-0.2, 0) is 21.2 Å². The molecule has 0 saturated carbocycles. The van der Waals surface area contributed by atoms with Gasteiger partial charge in [0.15, 0.2) is 0 Å². The zero-order valence-electron chi connectivity index (χ0n) is 17.8. The summed E-state index contributed by atoms with van der Waals surface area (Å²) in [5.74, 6) is 1.17. The number of carbonyl (C=O) groups is 1. The maximum Gasteiger partial charge on any atom is 0.261 e. The van der Waals surface area contributed by atoms with Crippen LogP contribution in [-0.4, -0.2) is 27.5 Å². The van der Waals surface area contributed by atoms with Crippen molar-refractivity contribution >= 4 is 27.3 Å². The van der Waals surface area contributed by atoms with Crippen LogP contribution in [0.2, 0.25) is 0 Å². The van der Waals surface area contributed by atoms with Crippen molar-refractivity contribution in [3.8, 4) is 5.75 Å². The zero-order chi connectivity index (χ0) is 21.7. The second-order valence-corrected chi connectivity index (χ2v) is 9.71. The molecule has 1 aliphatic heterocycles. The smallest absolute Gasteiger partial charge is 0.261 e. The number of fused-ring (bicyclic) bond motifs is 1. The lowest BCUT2D eigenvalue weighted by Gasteiger charge is -2.29. The van der Waals surface area contributed by atoms with Crippen LogP contribution < -0.4 is 14.4 Å². The van der Waals surface area contributed by atoms with Gasteiger partial charge in [0.2, 0.25) is 5.91 Å². The topological polar surface area (TPSA) is 75.7 Å². The summed E-state index contributed by atoms with van der Waals surface area (Å²) in [5.41, 5.74) is 2.37. The van der Waals surface area contributed by atoms with Crippen LogP contribution in [0.3, 0.4) is 0 Å². The van der Waals surface area contributed by atoms with Crippen LogP contribution in [0.4, 0.5) is 11.4 Å². The van der Waals surface area contributed by atoms with Gasteiger partial charge in [0.1, 0.15) is 5.75 Å². The van der Waals surface area contributed by atoms with E-state index in [1.54, 1.807) is 30.3 Å². The monoisotopic (exact) mass is 430 g/mol. The van der Waals surface area contributed by atoms with Crippen LogP contribution in [0.25, 0.3) is 0 Å². The van der Waals surface area contributed by atoms with Gasteiger partial charge in [-0.15, -0.1) is 0 Å². The highest BCUT2D eigenvalue weighted by molar-refractivity contribution is 7.92. The Bertz CT molecular complexity index is 985. The molecule has 0 aliphatic carbocycles. The highest BCUT2D eigenvalue weighted by Crippen LogP contribution is 2.31. The molecular formula is C23H30N2O4S. The number of hydrogen-bond acceptors (Lipinski definition) is 4. The van der Waals surface area contributed by atoms with Crippen LogP contribution >= 0.6 is 0 Å². The number of benzene rings is 2. The lowest BCUT2D eigenvalue weighted by Crippen LogP contribution is -2.35. The van der Waals surface area contributed by atoms with Gasteiger partial charge in [-0.05, 0) is 66.8 Å². The minimum atomic E-state index is -3.71. The molecule has 3 rings (SSSR count).